The Hall–Kier alpha value is -2.11. The molecule has 126 valence electrons. The third-order valence-corrected chi connectivity index (χ3v) is 3.99. The van der Waals surface area contributed by atoms with E-state index in [9.17, 15) is 9.59 Å². The number of hydrogen-bond acceptors (Lipinski definition) is 5. The molecule has 23 heavy (non-hydrogen) atoms. The van der Waals surface area contributed by atoms with Gasteiger partial charge < -0.3 is 9.47 Å². The van der Waals surface area contributed by atoms with Gasteiger partial charge in [-0.25, -0.2) is 9.59 Å². The predicted molar refractivity (Wildman–Crippen MR) is 85.0 cm³/mol. The minimum atomic E-state index is -1.06. The first-order valence-electron chi connectivity index (χ1n) is 7.67. The average molecular weight is 320 g/mol. The van der Waals surface area contributed by atoms with Crippen LogP contribution in [-0.2, 0) is 14.3 Å². The molecular formula is C17H24N2O4. The minimum Gasteiger partial charge on any atom is -0.467 e. The van der Waals surface area contributed by atoms with Crippen LogP contribution in [0, 0.1) is 0 Å². The fourth-order valence-corrected chi connectivity index (χ4v) is 2.90. The van der Waals surface area contributed by atoms with Crippen molar-refractivity contribution in [2.75, 3.05) is 13.7 Å². The number of carbonyl (C=O) groups excluding carboxylic acids is 2. The predicted octanol–water partition coefficient (Wildman–Crippen LogP) is 2.74. The van der Waals surface area contributed by atoms with Crippen molar-refractivity contribution in [1.82, 2.24) is 9.88 Å². The van der Waals surface area contributed by atoms with Gasteiger partial charge in [0.1, 0.15) is 11.1 Å². The van der Waals surface area contributed by atoms with E-state index in [1.54, 1.807) is 33.9 Å². The Morgan fingerprint density at radius 3 is 2.57 bits per heavy atom. The molecule has 0 aromatic carbocycles. The zero-order valence-electron chi connectivity index (χ0n) is 14.3. The number of pyridine rings is 1. The largest absolute Gasteiger partial charge is 0.467 e. The SMILES string of the molecule is COC(=O)[C@]1(C)CC(c2ccccn2)CN1C(=O)OC(C)(C)C. The number of hydrogen-bond donors (Lipinski definition) is 0. The van der Waals surface area contributed by atoms with Crippen molar-refractivity contribution >= 4 is 12.1 Å². The fraction of sp³-hybridized carbons (Fsp3) is 0.588. The third kappa shape index (κ3) is 3.63. The van der Waals surface area contributed by atoms with Crippen molar-refractivity contribution in [3.05, 3.63) is 30.1 Å². The number of methoxy groups -OCH3 is 1. The Bertz CT molecular complexity index is 582. The molecule has 1 aromatic rings. The second-order valence-corrected chi connectivity index (χ2v) is 7.01. The number of rotatable bonds is 2. The summed E-state index contributed by atoms with van der Waals surface area (Å²) in [7, 11) is 1.33. The summed E-state index contributed by atoms with van der Waals surface area (Å²) in [6.07, 6.45) is 1.65. The fourth-order valence-electron chi connectivity index (χ4n) is 2.90. The van der Waals surface area contributed by atoms with Crippen LogP contribution in [0.1, 0.15) is 45.7 Å². The monoisotopic (exact) mass is 320 g/mol. The van der Waals surface area contributed by atoms with Gasteiger partial charge in [0.2, 0.25) is 0 Å². The molecule has 2 atom stereocenters. The lowest BCUT2D eigenvalue weighted by atomic mass is 9.92. The zero-order valence-corrected chi connectivity index (χ0v) is 14.3. The quantitative estimate of drug-likeness (QED) is 0.784. The van der Waals surface area contributed by atoms with Gasteiger partial charge in [-0.15, -0.1) is 0 Å². The van der Waals surface area contributed by atoms with Gasteiger partial charge in [-0.05, 0) is 46.2 Å². The van der Waals surface area contributed by atoms with Crippen molar-refractivity contribution in [2.45, 2.75) is 51.2 Å². The molecule has 1 aliphatic rings. The third-order valence-electron chi connectivity index (χ3n) is 3.99. The lowest BCUT2D eigenvalue weighted by molar-refractivity contribution is -0.152. The van der Waals surface area contributed by atoms with Crippen LogP contribution in [0.15, 0.2) is 24.4 Å². The molecule has 6 nitrogen and oxygen atoms in total. The van der Waals surface area contributed by atoms with Gasteiger partial charge in [0, 0.05) is 24.4 Å². The zero-order chi connectivity index (χ0) is 17.3. The molecule has 1 unspecified atom stereocenters. The minimum absolute atomic E-state index is 0.0344. The highest BCUT2D eigenvalue weighted by Gasteiger charge is 2.52. The highest BCUT2D eigenvalue weighted by atomic mass is 16.6. The molecule has 2 rings (SSSR count). The van der Waals surface area contributed by atoms with Gasteiger partial charge in [-0.3, -0.25) is 9.88 Å². The van der Waals surface area contributed by atoms with Gasteiger partial charge >= 0.3 is 12.1 Å². The molecule has 0 bridgehead atoms. The van der Waals surface area contributed by atoms with E-state index in [4.69, 9.17) is 9.47 Å². The van der Waals surface area contributed by atoms with Gasteiger partial charge in [0.15, 0.2) is 0 Å². The van der Waals surface area contributed by atoms with Crippen LogP contribution in [0.2, 0.25) is 0 Å². The number of esters is 1. The van der Waals surface area contributed by atoms with Crippen LogP contribution in [0.25, 0.3) is 0 Å². The van der Waals surface area contributed by atoms with Crippen LogP contribution in [0.5, 0.6) is 0 Å². The van der Waals surface area contributed by atoms with E-state index in [0.29, 0.717) is 13.0 Å². The lowest BCUT2D eigenvalue weighted by Crippen LogP contribution is -2.52. The van der Waals surface area contributed by atoms with E-state index in [1.807, 2.05) is 18.2 Å². The normalized spacial score (nSPS) is 24.4. The van der Waals surface area contributed by atoms with E-state index >= 15 is 0 Å². The number of aromatic nitrogens is 1. The van der Waals surface area contributed by atoms with Gasteiger partial charge in [0.25, 0.3) is 0 Å². The van der Waals surface area contributed by atoms with Gasteiger partial charge in [-0.1, -0.05) is 6.07 Å². The van der Waals surface area contributed by atoms with Crippen molar-refractivity contribution in [2.24, 2.45) is 0 Å². The number of carbonyl (C=O) groups is 2. The smallest absolute Gasteiger partial charge is 0.411 e. The maximum atomic E-state index is 12.5. The van der Waals surface area contributed by atoms with Crippen LogP contribution in [0.3, 0.4) is 0 Å². The molecule has 6 heteroatoms. The van der Waals surface area contributed by atoms with Crippen molar-refractivity contribution in [3.8, 4) is 0 Å². The maximum Gasteiger partial charge on any atom is 0.411 e. The Morgan fingerprint density at radius 2 is 2.04 bits per heavy atom. The Balaban J connectivity index is 2.30. The highest BCUT2D eigenvalue weighted by molar-refractivity contribution is 5.86. The number of ether oxygens (including phenoxy) is 2. The van der Waals surface area contributed by atoms with Crippen LogP contribution in [-0.4, -0.2) is 46.7 Å². The van der Waals surface area contributed by atoms with Crippen LogP contribution in [0.4, 0.5) is 4.79 Å². The topological polar surface area (TPSA) is 68.7 Å². The van der Waals surface area contributed by atoms with Gasteiger partial charge in [-0.2, -0.15) is 0 Å². The Labute approximate surface area is 136 Å². The standard InChI is InChI=1S/C17H24N2O4/c1-16(2,3)23-15(21)19-11-12(13-8-6-7-9-18-13)10-17(19,4)14(20)22-5/h6-9,12H,10-11H2,1-5H3/t12?,17-/m0/s1. The molecule has 0 N–H and O–H groups in total. The summed E-state index contributed by atoms with van der Waals surface area (Å²) in [4.78, 5) is 30.7. The van der Waals surface area contributed by atoms with Gasteiger partial charge in [0.05, 0.1) is 7.11 Å². The van der Waals surface area contributed by atoms with Crippen molar-refractivity contribution in [3.63, 3.8) is 0 Å². The molecule has 1 aliphatic heterocycles. The summed E-state index contributed by atoms with van der Waals surface area (Å²) >= 11 is 0. The summed E-state index contributed by atoms with van der Waals surface area (Å²) in [5.41, 5.74) is -0.829. The first-order chi connectivity index (χ1) is 10.7. The summed E-state index contributed by atoms with van der Waals surface area (Å²) in [5.74, 6) is -0.477. The molecule has 0 saturated carbocycles. The first-order valence-corrected chi connectivity index (χ1v) is 7.67. The molecule has 1 fully saturated rings. The molecule has 1 amide bonds. The van der Waals surface area contributed by atoms with E-state index in [0.717, 1.165) is 5.69 Å². The van der Waals surface area contributed by atoms with Crippen molar-refractivity contribution in [1.29, 1.82) is 0 Å². The molecule has 1 aromatic heterocycles. The Kier molecular flexibility index (Phi) is 4.63. The summed E-state index contributed by atoms with van der Waals surface area (Å²) in [6.45, 7) is 7.48. The lowest BCUT2D eigenvalue weighted by Gasteiger charge is -2.33. The van der Waals surface area contributed by atoms with Crippen LogP contribution >= 0.6 is 0 Å². The van der Waals surface area contributed by atoms with E-state index < -0.39 is 23.2 Å². The molecule has 0 radical (unpaired) electrons. The second-order valence-electron chi connectivity index (χ2n) is 7.01. The summed E-state index contributed by atoms with van der Waals surface area (Å²) < 4.78 is 10.4. The van der Waals surface area contributed by atoms with E-state index in [1.165, 1.54) is 12.0 Å². The maximum absolute atomic E-state index is 12.5. The van der Waals surface area contributed by atoms with E-state index in [-0.39, 0.29) is 5.92 Å². The molecule has 2 heterocycles. The second kappa shape index (κ2) is 6.18. The highest BCUT2D eigenvalue weighted by Crippen LogP contribution is 2.39. The summed E-state index contributed by atoms with van der Waals surface area (Å²) in [5, 5.41) is 0. The van der Waals surface area contributed by atoms with Crippen molar-refractivity contribution < 1.29 is 19.1 Å². The average Bonchev–Trinajstić information content (AvgIpc) is 2.85. The van der Waals surface area contributed by atoms with Crippen LogP contribution < -0.4 is 0 Å². The molecular weight excluding hydrogens is 296 g/mol. The number of amides is 1. The summed E-state index contributed by atoms with van der Waals surface area (Å²) in [6, 6.07) is 5.64. The molecule has 0 spiro atoms. The molecule has 0 aliphatic carbocycles. The number of likely N-dealkylation sites (tertiary alicyclic amines) is 1. The molecule has 1 saturated heterocycles. The number of nitrogens with zero attached hydrogens (tertiary/aromatic N) is 2. The Morgan fingerprint density at radius 1 is 1.35 bits per heavy atom. The van der Waals surface area contributed by atoms with E-state index in [2.05, 4.69) is 4.98 Å². The first kappa shape index (κ1) is 17.2.